The Bertz CT molecular complexity index is 1670. The molecule has 1 unspecified atom stereocenters. The zero-order valence-corrected chi connectivity index (χ0v) is 26.8. The Labute approximate surface area is 267 Å². The molecule has 2 heterocycles. The van der Waals surface area contributed by atoms with E-state index in [0.717, 1.165) is 34.9 Å². The molecule has 4 aromatic rings. The van der Waals surface area contributed by atoms with Gasteiger partial charge in [-0.25, -0.2) is 4.79 Å². The minimum Gasteiger partial charge on any atom is -0.496 e. The molecule has 0 radical (unpaired) electrons. The lowest BCUT2D eigenvalue weighted by Crippen LogP contribution is -2.52. The lowest BCUT2D eigenvalue weighted by molar-refractivity contribution is -0.127. The molecule has 11 heteroatoms. The Balaban J connectivity index is 1.32. The molecule has 9 nitrogen and oxygen atoms in total. The molecule has 5 rings (SSSR count). The third-order valence-corrected chi connectivity index (χ3v) is 8.21. The summed E-state index contributed by atoms with van der Waals surface area (Å²) in [4.78, 5) is 27.6. The predicted octanol–water partition coefficient (Wildman–Crippen LogP) is 7.55. The molecule has 0 spiro atoms. The Hall–Kier alpha value is -3.95. The average molecular weight is 639 g/mol. The molecule has 0 saturated carbocycles. The number of piperidine rings is 1. The van der Waals surface area contributed by atoms with Crippen molar-refractivity contribution in [2.75, 3.05) is 19.0 Å². The van der Waals surface area contributed by atoms with Gasteiger partial charge in [0.05, 0.1) is 40.3 Å². The van der Waals surface area contributed by atoms with Gasteiger partial charge in [0.25, 0.3) is 0 Å². The fourth-order valence-corrected chi connectivity index (χ4v) is 5.71. The largest absolute Gasteiger partial charge is 0.496 e. The molecule has 0 bridgehead atoms. The second-order valence-corrected chi connectivity index (χ2v) is 12.6. The topological polar surface area (TPSA) is 97.7 Å². The molecule has 1 aromatic heterocycles. The van der Waals surface area contributed by atoms with Gasteiger partial charge in [-0.05, 0) is 75.4 Å². The van der Waals surface area contributed by atoms with Crippen LogP contribution in [0.25, 0.3) is 10.9 Å². The second kappa shape index (κ2) is 13.4. The van der Waals surface area contributed by atoms with E-state index in [1.165, 1.54) is 0 Å². The van der Waals surface area contributed by atoms with E-state index in [1.54, 1.807) is 18.1 Å². The van der Waals surface area contributed by atoms with Gasteiger partial charge in [0, 0.05) is 13.1 Å². The van der Waals surface area contributed by atoms with Gasteiger partial charge in [-0.1, -0.05) is 59.6 Å². The van der Waals surface area contributed by atoms with Gasteiger partial charge in [0.2, 0.25) is 5.91 Å². The third-order valence-electron chi connectivity index (χ3n) is 7.39. The quantitative estimate of drug-likeness (QED) is 0.207. The van der Waals surface area contributed by atoms with Gasteiger partial charge in [-0.3, -0.25) is 14.4 Å². The number of carbonyl (C=O) groups is 2. The maximum absolute atomic E-state index is 13.2. The SMILES string of the molecule is COc1cccc2c1c(Nc1cccc(Cl)c1Cl)nn2Cc1cccc(CNC(=O)C2CCCCN2C(=O)OC(C)(C)C)c1. The minimum atomic E-state index is -0.625. The molecule has 2 amide bonds. The number of aromatic nitrogens is 2. The van der Waals surface area contributed by atoms with Crippen molar-refractivity contribution in [3.8, 4) is 5.75 Å². The van der Waals surface area contributed by atoms with E-state index < -0.39 is 17.7 Å². The van der Waals surface area contributed by atoms with E-state index in [9.17, 15) is 9.59 Å². The fourth-order valence-electron chi connectivity index (χ4n) is 5.36. The van der Waals surface area contributed by atoms with Crippen LogP contribution in [0.4, 0.5) is 16.3 Å². The normalized spacial score (nSPS) is 15.2. The molecular formula is C33H37Cl2N5O4. The van der Waals surface area contributed by atoms with Crippen molar-refractivity contribution in [3.05, 3.63) is 81.8 Å². The van der Waals surface area contributed by atoms with Gasteiger partial charge in [-0.15, -0.1) is 0 Å². The Kier molecular flexibility index (Phi) is 9.56. The average Bonchev–Trinajstić information content (AvgIpc) is 3.34. The first kappa shape index (κ1) is 31.5. The number of hydrogen-bond donors (Lipinski definition) is 2. The van der Waals surface area contributed by atoms with Crippen LogP contribution in [0.1, 0.15) is 51.2 Å². The summed E-state index contributed by atoms with van der Waals surface area (Å²) in [5, 5.41) is 12.9. The first-order valence-corrected chi connectivity index (χ1v) is 15.4. The number of benzene rings is 3. The fraction of sp³-hybridized carbons (Fsp3) is 0.364. The highest BCUT2D eigenvalue weighted by Gasteiger charge is 2.34. The van der Waals surface area contributed by atoms with E-state index >= 15 is 0 Å². The monoisotopic (exact) mass is 637 g/mol. The van der Waals surface area contributed by atoms with Crippen molar-refractivity contribution in [1.29, 1.82) is 0 Å². The number of halogens is 2. The summed E-state index contributed by atoms with van der Waals surface area (Å²) >= 11 is 12.7. The number of rotatable bonds is 8. The highest BCUT2D eigenvalue weighted by Crippen LogP contribution is 2.37. The first-order chi connectivity index (χ1) is 21.0. The van der Waals surface area contributed by atoms with E-state index in [1.807, 2.05) is 80.1 Å². The summed E-state index contributed by atoms with van der Waals surface area (Å²) in [5.41, 5.74) is 2.83. The van der Waals surface area contributed by atoms with Crippen LogP contribution in [0.15, 0.2) is 60.7 Å². The zero-order chi connectivity index (χ0) is 31.4. The minimum absolute atomic E-state index is 0.179. The van der Waals surface area contributed by atoms with Crippen molar-refractivity contribution in [2.45, 2.75) is 64.8 Å². The van der Waals surface area contributed by atoms with Gasteiger partial charge in [0.15, 0.2) is 5.82 Å². The molecule has 44 heavy (non-hydrogen) atoms. The Morgan fingerprint density at radius 3 is 2.55 bits per heavy atom. The number of fused-ring (bicyclic) bond motifs is 1. The highest BCUT2D eigenvalue weighted by atomic mass is 35.5. The highest BCUT2D eigenvalue weighted by molar-refractivity contribution is 6.43. The molecule has 232 valence electrons. The number of hydrogen-bond acceptors (Lipinski definition) is 6. The number of nitrogens with one attached hydrogen (secondary N) is 2. The predicted molar refractivity (Wildman–Crippen MR) is 174 cm³/mol. The summed E-state index contributed by atoms with van der Waals surface area (Å²) in [6.07, 6.45) is 1.89. The first-order valence-electron chi connectivity index (χ1n) is 14.6. The van der Waals surface area contributed by atoms with Crippen LogP contribution in [-0.2, 0) is 22.6 Å². The van der Waals surface area contributed by atoms with Gasteiger partial charge >= 0.3 is 6.09 Å². The molecular weight excluding hydrogens is 601 g/mol. The lowest BCUT2D eigenvalue weighted by atomic mass is 10.0. The second-order valence-electron chi connectivity index (χ2n) is 11.8. The van der Waals surface area contributed by atoms with Gasteiger partial charge in [-0.2, -0.15) is 5.10 Å². The van der Waals surface area contributed by atoms with Crippen LogP contribution in [0, 0.1) is 0 Å². The van der Waals surface area contributed by atoms with E-state index in [4.69, 9.17) is 37.8 Å². The van der Waals surface area contributed by atoms with E-state index in [2.05, 4.69) is 10.6 Å². The Morgan fingerprint density at radius 1 is 1.02 bits per heavy atom. The smallest absolute Gasteiger partial charge is 0.410 e. The molecule has 1 aliphatic heterocycles. The van der Waals surface area contributed by atoms with Crippen LogP contribution in [-0.4, -0.2) is 52.0 Å². The van der Waals surface area contributed by atoms with Crippen molar-refractivity contribution >= 4 is 57.6 Å². The van der Waals surface area contributed by atoms with Crippen LogP contribution in [0.2, 0.25) is 10.0 Å². The molecule has 1 atom stereocenters. The molecule has 0 aliphatic carbocycles. The molecule has 1 fully saturated rings. The standard InChI is InChI=1S/C33H37Cl2N5O4/c1-33(2,3)44-32(42)39-17-6-5-14-26(39)31(41)36-19-21-10-7-11-22(18-21)20-40-25-15-9-16-27(43-4)28(25)30(38-40)37-24-13-8-12-23(34)29(24)35/h7-13,15-16,18,26H,5-6,14,17,19-20H2,1-4H3,(H,36,41)(H,37,38). The van der Waals surface area contributed by atoms with Crippen molar-refractivity contribution in [2.24, 2.45) is 0 Å². The van der Waals surface area contributed by atoms with Gasteiger partial charge in [0.1, 0.15) is 17.4 Å². The van der Waals surface area contributed by atoms with Crippen LogP contribution in [0.5, 0.6) is 5.75 Å². The number of ether oxygens (including phenoxy) is 2. The summed E-state index contributed by atoms with van der Waals surface area (Å²) in [6, 6.07) is 18.6. The van der Waals surface area contributed by atoms with Crippen LogP contribution >= 0.6 is 23.2 Å². The maximum atomic E-state index is 13.2. The van der Waals surface area contributed by atoms with Crippen molar-refractivity contribution in [1.82, 2.24) is 20.0 Å². The summed E-state index contributed by atoms with van der Waals surface area (Å²) in [7, 11) is 1.63. The van der Waals surface area contributed by atoms with E-state index in [0.29, 0.717) is 53.4 Å². The molecule has 3 aromatic carbocycles. The molecule has 1 aliphatic rings. The van der Waals surface area contributed by atoms with E-state index in [-0.39, 0.29) is 5.91 Å². The number of anilines is 2. The molecule has 2 N–H and O–H groups in total. The van der Waals surface area contributed by atoms with Crippen molar-refractivity contribution < 1.29 is 19.1 Å². The summed E-state index contributed by atoms with van der Waals surface area (Å²) in [5.74, 6) is 1.09. The van der Waals surface area contributed by atoms with Crippen LogP contribution < -0.4 is 15.4 Å². The van der Waals surface area contributed by atoms with Crippen molar-refractivity contribution in [3.63, 3.8) is 0 Å². The number of amides is 2. The Morgan fingerprint density at radius 2 is 1.77 bits per heavy atom. The molecule has 1 saturated heterocycles. The summed E-state index contributed by atoms with van der Waals surface area (Å²) in [6.45, 7) is 6.79. The number of nitrogens with zero attached hydrogens (tertiary/aromatic N) is 3. The number of carbonyl (C=O) groups excluding carboxylic acids is 2. The number of likely N-dealkylation sites (tertiary alicyclic amines) is 1. The zero-order valence-electron chi connectivity index (χ0n) is 25.3. The number of methoxy groups -OCH3 is 1. The van der Waals surface area contributed by atoms with Gasteiger partial charge < -0.3 is 20.1 Å². The lowest BCUT2D eigenvalue weighted by Gasteiger charge is -2.35. The summed E-state index contributed by atoms with van der Waals surface area (Å²) < 4.78 is 13.1. The third kappa shape index (κ3) is 7.22. The van der Waals surface area contributed by atoms with Crippen LogP contribution in [0.3, 0.4) is 0 Å². The maximum Gasteiger partial charge on any atom is 0.410 e.